The summed E-state index contributed by atoms with van der Waals surface area (Å²) < 4.78 is 14.0. The number of carbonyl (C=O) groups excluding carboxylic acids is 2. The Morgan fingerprint density at radius 2 is 2.08 bits per heavy atom. The summed E-state index contributed by atoms with van der Waals surface area (Å²) in [5.41, 5.74) is 0.829. The topological polar surface area (TPSA) is 75.6 Å². The van der Waals surface area contributed by atoms with Crippen LogP contribution in [0.15, 0.2) is 42.7 Å². The molecule has 1 aromatic heterocycles. The smallest absolute Gasteiger partial charge is 0.410 e. The maximum absolute atomic E-state index is 13.0. The van der Waals surface area contributed by atoms with Gasteiger partial charge in [0, 0.05) is 26.0 Å². The molecule has 0 radical (unpaired) electrons. The van der Waals surface area contributed by atoms with E-state index in [4.69, 9.17) is 17.7 Å². The molecule has 1 aromatic carbocycles. The van der Waals surface area contributed by atoms with Gasteiger partial charge in [0.05, 0.1) is 1.37 Å². The van der Waals surface area contributed by atoms with Crippen molar-refractivity contribution in [1.29, 1.82) is 0 Å². The number of aromatic nitrogens is 2. The van der Waals surface area contributed by atoms with Crippen LogP contribution in [0.2, 0.25) is 5.15 Å². The molecule has 8 heteroatoms. The largest absolute Gasteiger partial charge is 0.445 e. The summed E-state index contributed by atoms with van der Waals surface area (Å²) in [5.74, 6) is -0.473. The van der Waals surface area contributed by atoms with Crippen molar-refractivity contribution in [2.24, 2.45) is 0 Å². The van der Waals surface area contributed by atoms with Gasteiger partial charge in [0.25, 0.3) is 5.91 Å². The van der Waals surface area contributed by atoms with Crippen LogP contribution in [0.4, 0.5) is 10.6 Å². The summed E-state index contributed by atoms with van der Waals surface area (Å²) in [6.45, 7) is 0.344. The second-order valence-electron chi connectivity index (χ2n) is 5.78. The van der Waals surface area contributed by atoms with E-state index in [1.165, 1.54) is 19.4 Å². The summed E-state index contributed by atoms with van der Waals surface area (Å²) in [7, 11) is 1.46. The SMILES string of the molecule is [2H]C1(C(=O)N(C)c2nccnc2Cl)CCCN1C(=O)OCc1ccccc1. The molecule has 3 rings (SSSR count). The number of anilines is 1. The number of hydrogen-bond acceptors (Lipinski definition) is 5. The van der Waals surface area contributed by atoms with Gasteiger partial charge in [0.1, 0.15) is 12.6 Å². The standard InChI is InChI=1S/C18H19ClN4O3/c1-22(16-15(19)20-9-10-21-16)17(24)14-8-5-11-23(14)18(25)26-12-13-6-3-2-4-7-13/h2-4,6-7,9-10,14H,5,8,11-12H2,1H3/i14D. The molecule has 1 saturated heterocycles. The Morgan fingerprint density at radius 1 is 1.35 bits per heavy atom. The number of carbonyl (C=O) groups is 2. The van der Waals surface area contributed by atoms with Crippen molar-refractivity contribution in [2.75, 3.05) is 18.5 Å². The van der Waals surface area contributed by atoms with E-state index in [-0.39, 0.29) is 30.5 Å². The fraction of sp³-hybridized carbons (Fsp3) is 0.333. The van der Waals surface area contributed by atoms with Crippen molar-refractivity contribution in [1.82, 2.24) is 14.9 Å². The minimum atomic E-state index is -1.77. The Labute approximate surface area is 158 Å². The first-order valence-electron chi connectivity index (χ1n) is 8.66. The number of nitrogens with zero attached hydrogens (tertiary/aromatic N) is 4. The molecule has 1 aliphatic heterocycles. The molecule has 0 N–H and O–H groups in total. The van der Waals surface area contributed by atoms with Crippen LogP contribution in [-0.2, 0) is 16.1 Å². The van der Waals surface area contributed by atoms with Crippen LogP contribution in [0.1, 0.15) is 19.8 Å². The number of ether oxygens (including phenoxy) is 1. The highest BCUT2D eigenvalue weighted by Crippen LogP contribution is 2.25. The summed E-state index contributed by atoms with van der Waals surface area (Å²) >= 11 is 6.00. The van der Waals surface area contributed by atoms with Gasteiger partial charge >= 0.3 is 6.09 Å². The molecule has 136 valence electrons. The monoisotopic (exact) mass is 375 g/mol. The number of likely N-dealkylation sites (N-methyl/N-ethyl adjacent to an activating group) is 1. The lowest BCUT2D eigenvalue weighted by molar-refractivity contribution is -0.122. The highest BCUT2D eigenvalue weighted by atomic mass is 35.5. The third-order valence-electron chi connectivity index (χ3n) is 4.05. The lowest BCUT2D eigenvalue weighted by atomic mass is 10.2. The molecular weight excluding hydrogens is 356 g/mol. The first kappa shape index (κ1) is 16.8. The molecule has 2 aromatic rings. The first-order valence-corrected chi connectivity index (χ1v) is 8.54. The Bertz CT molecular complexity index is 838. The summed E-state index contributed by atoms with van der Waals surface area (Å²) in [5, 5.41) is 0.0492. The van der Waals surface area contributed by atoms with Crippen LogP contribution in [0.5, 0.6) is 0 Å². The average Bonchev–Trinajstić information content (AvgIpc) is 3.09. The van der Waals surface area contributed by atoms with Gasteiger partial charge in [-0.15, -0.1) is 0 Å². The van der Waals surface area contributed by atoms with E-state index in [1.807, 2.05) is 30.3 Å². The second kappa shape index (κ2) is 8.14. The summed E-state index contributed by atoms with van der Waals surface area (Å²) in [6.07, 6.45) is 2.84. The van der Waals surface area contributed by atoms with E-state index in [0.29, 0.717) is 6.42 Å². The normalized spacial score (nSPS) is 19.8. The Hall–Kier alpha value is -2.67. The van der Waals surface area contributed by atoms with Gasteiger partial charge in [0.15, 0.2) is 11.0 Å². The van der Waals surface area contributed by atoms with E-state index in [9.17, 15) is 9.59 Å². The van der Waals surface area contributed by atoms with Gasteiger partial charge in [-0.05, 0) is 18.4 Å². The molecule has 0 aliphatic carbocycles. The van der Waals surface area contributed by atoms with Crippen molar-refractivity contribution >= 4 is 29.4 Å². The average molecular weight is 376 g/mol. The van der Waals surface area contributed by atoms with Crippen LogP contribution in [0, 0.1) is 0 Å². The third kappa shape index (κ3) is 3.94. The Morgan fingerprint density at radius 3 is 2.81 bits per heavy atom. The van der Waals surface area contributed by atoms with E-state index in [1.54, 1.807) is 0 Å². The van der Waals surface area contributed by atoms with E-state index in [0.717, 1.165) is 15.4 Å². The fourth-order valence-electron chi connectivity index (χ4n) is 2.72. The zero-order valence-electron chi connectivity index (χ0n) is 15.3. The van der Waals surface area contributed by atoms with Crippen molar-refractivity contribution in [3.63, 3.8) is 0 Å². The minimum Gasteiger partial charge on any atom is -0.445 e. The number of rotatable bonds is 4. The molecule has 0 saturated carbocycles. The molecule has 7 nitrogen and oxygen atoms in total. The second-order valence-corrected chi connectivity index (χ2v) is 6.14. The molecule has 0 spiro atoms. The van der Waals surface area contributed by atoms with Crippen LogP contribution < -0.4 is 4.90 Å². The molecule has 1 fully saturated rings. The molecule has 1 aliphatic rings. The van der Waals surface area contributed by atoms with Gasteiger partial charge in [0.2, 0.25) is 0 Å². The van der Waals surface area contributed by atoms with Crippen LogP contribution >= 0.6 is 11.6 Å². The Balaban J connectivity index is 1.74. The maximum Gasteiger partial charge on any atom is 0.410 e. The van der Waals surface area contributed by atoms with Gasteiger partial charge in [-0.1, -0.05) is 41.9 Å². The fourth-order valence-corrected chi connectivity index (χ4v) is 2.96. The lowest BCUT2D eigenvalue weighted by Crippen LogP contribution is -2.47. The summed E-state index contributed by atoms with van der Waals surface area (Å²) in [4.78, 5) is 35.7. The zero-order valence-corrected chi connectivity index (χ0v) is 15.0. The van der Waals surface area contributed by atoms with E-state index in [2.05, 4.69) is 9.97 Å². The van der Waals surface area contributed by atoms with Crippen LogP contribution in [0.25, 0.3) is 0 Å². The quantitative estimate of drug-likeness (QED) is 0.821. The van der Waals surface area contributed by atoms with Crippen molar-refractivity contribution < 1.29 is 15.7 Å². The van der Waals surface area contributed by atoms with Gasteiger partial charge in [-0.3, -0.25) is 14.6 Å². The summed E-state index contributed by atoms with van der Waals surface area (Å²) in [6, 6.07) is 7.45. The van der Waals surface area contributed by atoms with Crippen molar-refractivity contribution in [3.8, 4) is 0 Å². The molecule has 2 amide bonds. The molecule has 2 heterocycles. The van der Waals surface area contributed by atoms with Gasteiger partial charge < -0.3 is 4.74 Å². The van der Waals surface area contributed by atoms with Gasteiger partial charge in [-0.25, -0.2) is 14.8 Å². The van der Waals surface area contributed by atoms with Crippen LogP contribution in [0.3, 0.4) is 0 Å². The van der Waals surface area contributed by atoms with Gasteiger partial charge in [-0.2, -0.15) is 0 Å². The molecular formula is C18H19ClN4O3. The third-order valence-corrected chi connectivity index (χ3v) is 4.32. The number of amides is 2. The first-order chi connectivity index (χ1) is 12.9. The maximum atomic E-state index is 13.0. The highest BCUT2D eigenvalue weighted by molar-refractivity contribution is 6.32. The predicted molar refractivity (Wildman–Crippen MR) is 96.8 cm³/mol. The lowest BCUT2D eigenvalue weighted by Gasteiger charge is -2.27. The number of hydrogen-bond donors (Lipinski definition) is 0. The van der Waals surface area contributed by atoms with E-state index >= 15 is 0 Å². The molecule has 1 atom stereocenters. The number of likely N-dealkylation sites (tertiary alicyclic amines) is 1. The zero-order chi connectivity index (χ0) is 19.4. The highest BCUT2D eigenvalue weighted by Gasteiger charge is 2.37. The molecule has 1 unspecified atom stereocenters. The van der Waals surface area contributed by atoms with E-state index < -0.39 is 18.0 Å². The van der Waals surface area contributed by atoms with Crippen molar-refractivity contribution in [2.45, 2.75) is 25.5 Å². The van der Waals surface area contributed by atoms with Crippen molar-refractivity contribution in [3.05, 3.63) is 53.4 Å². The number of halogens is 1. The predicted octanol–water partition coefficient (Wildman–Crippen LogP) is 2.89. The Kier molecular flexibility index (Phi) is 5.25. The van der Waals surface area contributed by atoms with Crippen LogP contribution in [-0.4, -0.2) is 46.5 Å². The number of benzene rings is 1. The molecule has 0 bridgehead atoms. The molecule has 26 heavy (non-hydrogen) atoms. The minimum absolute atomic E-state index is 0.0492.